The molecule has 7 nitrogen and oxygen atoms in total. The van der Waals surface area contributed by atoms with E-state index in [1.807, 2.05) is 13.8 Å². The van der Waals surface area contributed by atoms with Crippen molar-refractivity contribution < 1.29 is 23.8 Å². The molecule has 7 heteroatoms. The van der Waals surface area contributed by atoms with Crippen LogP contribution in [0.4, 0.5) is 11.4 Å². The Morgan fingerprint density at radius 3 is 2.04 bits per heavy atom. The van der Waals surface area contributed by atoms with Gasteiger partial charge in [-0.25, -0.2) is 0 Å². The lowest BCUT2D eigenvalue weighted by atomic mass is 10.2. The minimum Gasteiger partial charge on any atom is -0.497 e. The number of amides is 2. The summed E-state index contributed by atoms with van der Waals surface area (Å²) < 4.78 is 15.9. The van der Waals surface area contributed by atoms with Gasteiger partial charge in [0.25, 0.3) is 0 Å². The van der Waals surface area contributed by atoms with Gasteiger partial charge in [-0.1, -0.05) is 12.1 Å². The third-order valence-corrected chi connectivity index (χ3v) is 3.36. The smallest absolute Gasteiger partial charge is 0.314 e. The summed E-state index contributed by atoms with van der Waals surface area (Å²) in [6, 6.07) is 11.8. The van der Waals surface area contributed by atoms with Crippen LogP contribution in [0, 0.1) is 0 Å². The fourth-order valence-corrected chi connectivity index (χ4v) is 2.19. The first-order chi connectivity index (χ1) is 12.4. The van der Waals surface area contributed by atoms with Gasteiger partial charge in [0.05, 0.1) is 31.7 Å². The van der Waals surface area contributed by atoms with E-state index in [0.717, 1.165) is 0 Å². The van der Waals surface area contributed by atoms with Crippen molar-refractivity contribution in [3.8, 4) is 17.2 Å². The molecule has 0 aliphatic carbocycles. The van der Waals surface area contributed by atoms with Gasteiger partial charge in [-0.15, -0.1) is 0 Å². The highest BCUT2D eigenvalue weighted by molar-refractivity contribution is 6.43. The third kappa shape index (κ3) is 4.89. The van der Waals surface area contributed by atoms with Crippen LogP contribution in [-0.4, -0.2) is 32.1 Å². The summed E-state index contributed by atoms with van der Waals surface area (Å²) in [5.41, 5.74) is 0.781. The summed E-state index contributed by atoms with van der Waals surface area (Å²) in [6.07, 6.45) is -0.0644. The number of rotatable bonds is 6. The second-order valence-corrected chi connectivity index (χ2v) is 5.64. The van der Waals surface area contributed by atoms with Crippen molar-refractivity contribution in [3.05, 3.63) is 42.5 Å². The van der Waals surface area contributed by atoms with Gasteiger partial charge in [0.1, 0.15) is 17.2 Å². The molecule has 26 heavy (non-hydrogen) atoms. The first-order valence-electron chi connectivity index (χ1n) is 8.04. The van der Waals surface area contributed by atoms with Gasteiger partial charge in [0.2, 0.25) is 0 Å². The molecular formula is C19H22N2O5. The highest BCUT2D eigenvalue weighted by Crippen LogP contribution is 2.29. The number of methoxy groups -OCH3 is 2. The predicted octanol–water partition coefficient (Wildman–Crippen LogP) is 3.07. The van der Waals surface area contributed by atoms with Gasteiger partial charge in [-0.2, -0.15) is 0 Å². The van der Waals surface area contributed by atoms with E-state index in [2.05, 4.69) is 10.6 Å². The highest BCUT2D eigenvalue weighted by Gasteiger charge is 2.18. The summed E-state index contributed by atoms with van der Waals surface area (Å²) in [5.74, 6) is -0.195. The number of ether oxygens (including phenoxy) is 3. The van der Waals surface area contributed by atoms with Gasteiger partial charge < -0.3 is 24.8 Å². The Bertz CT molecular complexity index is 789. The molecule has 0 aromatic heterocycles. The normalized spacial score (nSPS) is 10.2. The lowest BCUT2D eigenvalue weighted by Gasteiger charge is -2.15. The topological polar surface area (TPSA) is 85.9 Å². The van der Waals surface area contributed by atoms with Crippen LogP contribution in [0.5, 0.6) is 17.2 Å². The minimum atomic E-state index is -0.826. The standard InChI is InChI=1S/C19H22N2O5/c1-12(2)26-16-8-6-5-7-14(16)20-18(22)19(23)21-15-10-9-13(24-3)11-17(15)25-4/h5-12H,1-4H3,(H,20,22)(H,21,23). The second-order valence-electron chi connectivity index (χ2n) is 5.64. The molecule has 2 aromatic carbocycles. The van der Waals surface area contributed by atoms with Gasteiger partial charge >= 0.3 is 11.8 Å². The number of nitrogens with one attached hydrogen (secondary N) is 2. The van der Waals surface area contributed by atoms with Crippen molar-refractivity contribution >= 4 is 23.2 Å². The molecule has 0 aliphatic rings. The van der Waals surface area contributed by atoms with Crippen LogP contribution < -0.4 is 24.8 Å². The molecule has 0 spiro atoms. The Kier molecular flexibility index (Phi) is 6.43. The zero-order valence-electron chi connectivity index (χ0n) is 15.2. The third-order valence-electron chi connectivity index (χ3n) is 3.36. The van der Waals surface area contributed by atoms with Crippen LogP contribution in [0.1, 0.15) is 13.8 Å². The van der Waals surface area contributed by atoms with Gasteiger partial charge in [0, 0.05) is 6.07 Å². The lowest BCUT2D eigenvalue weighted by molar-refractivity contribution is -0.133. The summed E-state index contributed by atoms with van der Waals surface area (Å²) in [6.45, 7) is 3.75. The molecule has 0 radical (unpaired) electrons. The van der Waals surface area contributed by atoms with E-state index in [1.54, 1.807) is 42.5 Å². The Morgan fingerprint density at radius 2 is 1.46 bits per heavy atom. The van der Waals surface area contributed by atoms with Crippen LogP contribution >= 0.6 is 0 Å². The maximum absolute atomic E-state index is 12.2. The fraction of sp³-hybridized carbons (Fsp3) is 0.263. The summed E-state index contributed by atoms with van der Waals surface area (Å²) in [5, 5.41) is 5.08. The monoisotopic (exact) mass is 358 g/mol. The number of carbonyl (C=O) groups is 2. The highest BCUT2D eigenvalue weighted by atomic mass is 16.5. The number of hydrogen-bond donors (Lipinski definition) is 2. The van der Waals surface area contributed by atoms with E-state index in [9.17, 15) is 9.59 Å². The fourth-order valence-electron chi connectivity index (χ4n) is 2.19. The zero-order valence-corrected chi connectivity index (χ0v) is 15.2. The van der Waals surface area contributed by atoms with Gasteiger partial charge in [-0.05, 0) is 38.1 Å². The molecule has 0 saturated heterocycles. The van der Waals surface area contributed by atoms with Crippen LogP contribution in [0.3, 0.4) is 0 Å². The van der Waals surface area contributed by atoms with E-state index < -0.39 is 11.8 Å². The van der Waals surface area contributed by atoms with Crippen molar-refractivity contribution in [1.82, 2.24) is 0 Å². The molecule has 0 fully saturated rings. The maximum atomic E-state index is 12.2. The largest absolute Gasteiger partial charge is 0.497 e. The molecule has 0 heterocycles. The van der Waals surface area contributed by atoms with Crippen molar-refractivity contribution in [2.75, 3.05) is 24.9 Å². The molecule has 2 N–H and O–H groups in total. The van der Waals surface area contributed by atoms with Crippen LogP contribution in [0.15, 0.2) is 42.5 Å². The molecule has 2 rings (SSSR count). The van der Waals surface area contributed by atoms with Crippen molar-refractivity contribution in [3.63, 3.8) is 0 Å². The van der Waals surface area contributed by atoms with Crippen LogP contribution in [0.2, 0.25) is 0 Å². The number of anilines is 2. The molecule has 0 bridgehead atoms. The van der Waals surface area contributed by atoms with E-state index in [0.29, 0.717) is 28.6 Å². The SMILES string of the molecule is COc1ccc(NC(=O)C(=O)Nc2ccccc2OC(C)C)c(OC)c1. The van der Waals surface area contributed by atoms with E-state index >= 15 is 0 Å². The maximum Gasteiger partial charge on any atom is 0.314 e. The summed E-state index contributed by atoms with van der Waals surface area (Å²) >= 11 is 0. The van der Waals surface area contributed by atoms with Gasteiger partial charge in [0.15, 0.2) is 0 Å². The molecule has 138 valence electrons. The summed E-state index contributed by atoms with van der Waals surface area (Å²) in [7, 11) is 2.99. The number of hydrogen-bond acceptors (Lipinski definition) is 5. The average Bonchev–Trinajstić information content (AvgIpc) is 2.63. The number of benzene rings is 2. The molecule has 2 aromatic rings. The van der Waals surface area contributed by atoms with Gasteiger partial charge in [-0.3, -0.25) is 9.59 Å². The predicted molar refractivity (Wildman–Crippen MR) is 99.0 cm³/mol. The second kappa shape index (κ2) is 8.75. The first-order valence-corrected chi connectivity index (χ1v) is 8.04. The van der Waals surface area contributed by atoms with Crippen molar-refractivity contribution in [2.45, 2.75) is 20.0 Å². The van der Waals surface area contributed by atoms with E-state index in [4.69, 9.17) is 14.2 Å². The van der Waals surface area contributed by atoms with E-state index in [-0.39, 0.29) is 6.10 Å². The van der Waals surface area contributed by atoms with Crippen molar-refractivity contribution in [2.24, 2.45) is 0 Å². The molecule has 0 aliphatic heterocycles. The number of carbonyl (C=O) groups excluding carboxylic acids is 2. The molecule has 0 atom stereocenters. The van der Waals surface area contributed by atoms with E-state index in [1.165, 1.54) is 14.2 Å². The zero-order chi connectivity index (χ0) is 19.1. The molecule has 0 saturated carbocycles. The molecule has 0 unspecified atom stereocenters. The van der Waals surface area contributed by atoms with Crippen molar-refractivity contribution in [1.29, 1.82) is 0 Å². The summed E-state index contributed by atoms with van der Waals surface area (Å²) in [4.78, 5) is 24.5. The Labute approximate surface area is 152 Å². The average molecular weight is 358 g/mol. The lowest BCUT2D eigenvalue weighted by Crippen LogP contribution is -2.29. The Balaban J connectivity index is 2.11. The Hall–Kier alpha value is -3.22. The first kappa shape index (κ1) is 19.1. The van der Waals surface area contributed by atoms with Crippen LogP contribution in [0.25, 0.3) is 0 Å². The quantitative estimate of drug-likeness (QED) is 0.775. The Morgan fingerprint density at radius 1 is 0.846 bits per heavy atom. The molecular weight excluding hydrogens is 336 g/mol. The van der Waals surface area contributed by atoms with Crippen LogP contribution in [-0.2, 0) is 9.59 Å². The minimum absolute atomic E-state index is 0.0644. The number of para-hydroxylation sites is 2. The molecule has 2 amide bonds.